The van der Waals surface area contributed by atoms with E-state index < -0.39 is 5.97 Å². The second-order valence-corrected chi connectivity index (χ2v) is 5.60. The molecular formula is C15H21N3O3. The minimum atomic E-state index is -0.774. The highest BCUT2D eigenvalue weighted by Crippen LogP contribution is 2.25. The number of carbonyl (C=O) groups excluding carboxylic acids is 1. The Labute approximate surface area is 123 Å². The third-order valence-corrected chi connectivity index (χ3v) is 4.09. The number of carboxylic acid groups (broad SMARTS) is 1. The lowest BCUT2D eigenvalue weighted by Crippen LogP contribution is -2.31. The molecule has 0 radical (unpaired) electrons. The van der Waals surface area contributed by atoms with Crippen LogP contribution in [0.15, 0.2) is 6.08 Å². The van der Waals surface area contributed by atoms with E-state index in [1.165, 1.54) is 6.08 Å². The molecule has 1 amide bonds. The van der Waals surface area contributed by atoms with E-state index in [0.717, 1.165) is 23.4 Å². The molecule has 0 spiro atoms. The summed E-state index contributed by atoms with van der Waals surface area (Å²) in [5.74, 6) is -1.29. The van der Waals surface area contributed by atoms with Gasteiger partial charge in [0.25, 0.3) is 0 Å². The average Bonchev–Trinajstić information content (AvgIpc) is 2.95. The summed E-state index contributed by atoms with van der Waals surface area (Å²) in [6.45, 7) is 3.85. The van der Waals surface area contributed by atoms with Gasteiger partial charge < -0.3 is 10.4 Å². The molecule has 1 fully saturated rings. The highest BCUT2D eigenvalue weighted by atomic mass is 16.4. The summed E-state index contributed by atoms with van der Waals surface area (Å²) in [6, 6.07) is -0.0423. The molecule has 1 heterocycles. The van der Waals surface area contributed by atoms with Crippen LogP contribution in [0.4, 0.5) is 0 Å². The Morgan fingerprint density at radius 3 is 2.62 bits per heavy atom. The van der Waals surface area contributed by atoms with Crippen LogP contribution < -0.4 is 5.32 Å². The van der Waals surface area contributed by atoms with Gasteiger partial charge in [0.05, 0.1) is 11.6 Å². The SMILES string of the molecule is Cc1nn(C)c(C)c1/C=C/C(=O)N[C@H]1CC[C@@H](C(=O)O)C1. The molecule has 0 aliphatic heterocycles. The largest absolute Gasteiger partial charge is 0.481 e. The van der Waals surface area contributed by atoms with Crippen molar-refractivity contribution in [2.45, 2.75) is 39.2 Å². The van der Waals surface area contributed by atoms with E-state index in [-0.39, 0.29) is 17.9 Å². The fourth-order valence-electron chi connectivity index (χ4n) is 2.78. The van der Waals surface area contributed by atoms with Crippen LogP contribution in [0, 0.1) is 19.8 Å². The molecule has 1 aromatic rings. The molecular weight excluding hydrogens is 270 g/mol. The zero-order chi connectivity index (χ0) is 15.6. The molecule has 0 aromatic carbocycles. The summed E-state index contributed by atoms with van der Waals surface area (Å²) in [7, 11) is 1.87. The number of aliphatic carboxylic acids is 1. The van der Waals surface area contributed by atoms with E-state index in [2.05, 4.69) is 10.4 Å². The van der Waals surface area contributed by atoms with Gasteiger partial charge in [0, 0.05) is 30.4 Å². The van der Waals surface area contributed by atoms with Crippen LogP contribution in [0.5, 0.6) is 0 Å². The number of hydrogen-bond donors (Lipinski definition) is 2. The fourth-order valence-corrected chi connectivity index (χ4v) is 2.78. The van der Waals surface area contributed by atoms with E-state index in [1.807, 2.05) is 20.9 Å². The third-order valence-electron chi connectivity index (χ3n) is 4.09. The van der Waals surface area contributed by atoms with Gasteiger partial charge in [-0.3, -0.25) is 14.3 Å². The number of nitrogens with zero attached hydrogens (tertiary/aromatic N) is 2. The van der Waals surface area contributed by atoms with Crippen molar-refractivity contribution in [3.05, 3.63) is 23.0 Å². The Hall–Kier alpha value is -2.11. The second-order valence-electron chi connectivity index (χ2n) is 5.60. The van der Waals surface area contributed by atoms with Crippen LogP contribution >= 0.6 is 0 Å². The number of amides is 1. The number of aryl methyl sites for hydroxylation is 2. The van der Waals surface area contributed by atoms with E-state index >= 15 is 0 Å². The summed E-state index contributed by atoms with van der Waals surface area (Å²) >= 11 is 0. The van der Waals surface area contributed by atoms with Crippen molar-refractivity contribution in [2.75, 3.05) is 0 Å². The summed E-state index contributed by atoms with van der Waals surface area (Å²) in [6.07, 6.45) is 5.12. The first-order valence-electron chi connectivity index (χ1n) is 7.10. The highest BCUT2D eigenvalue weighted by Gasteiger charge is 2.30. The van der Waals surface area contributed by atoms with Gasteiger partial charge in [-0.1, -0.05) is 0 Å². The maximum absolute atomic E-state index is 11.9. The van der Waals surface area contributed by atoms with Crippen LogP contribution in [-0.4, -0.2) is 32.8 Å². The molecule has 0 unspecified atom stereocenters. The maximum Gasteiger partial charge on any atom is 0.306 e. The minimum absolute atomic E-state index is 0.0423. The molecule has 0 saturated heterocycles. The Bertz CT molecular complexity index is 589. The van der Waals surface area contributed by atoms with Crippen LogP contribution in [0.2, 0.25) is 0 Å². The van der Waals surface area contributed by atoms with Crippen molar-refractivity contribution < 1.29 is 14.7 Å². The van der Waals surface area contributed by atoms with Crippen LogP contribution in [0.25, 0.3) is 6.08 Å². The predicted molar refractivity (Wildman–Crippen MR) is 78.6 cm³/mol. The Morgan fingerprint density at radius 1 is 1.38 bits per heavy atom. The molecule has 1 aromatic heterocycles. The van der Waals surface area contributed by atoms with E-state index in [1.54, 1.807) is 10.8 Å². The van der Waals surface area contributed by atoms with E-state index in [9.17, 15) is 9.59 Å². The van der Waals surface area contributed by atoms with Crippen LogP contribution in [-0.2, 0) is 16.6 Å². The number of aromatic nitrogens is 2. The van der Waals surface area contributed by atoms with Crippen molar-refractivity contribution in [3.63, 3.8) is 0 Å². The van der Waals surface area contributed by atoms with Crippen molar-refractivity contribution in [3.8, 4) is 0 Å². The second kappa shape index (κ2) is 6.11. The standard InChI is InChI=1S/C15H21N3O3/c1-9-13(10(2)18(3)17-9)6-7-14(19)16-12-5-4-11(8-12)15(20)21/h6-7,11-12H,4-5,8H2,1-3H3,(H,16,19)(H,20,21)/b7-6+/t11-,12+/m1/s1. The number of nitrogens with one attached hydrogen (secondary N) is 1. The van der Waals surface area contributed by atoms with Gasteiger partial charge in [0.15, 0.2) is 0 Å². The van der Waals surface area contributed by atoms with Crippen LogP contribution in [0.1, 0.15) is 36.2 Å². The van der Waals surface area contributed by atoms with Gasteiger partial charge >= 0.3 is 5.97 Å². The predicted octanol–water partition coefficient (Wildman–Crippen LogP) is 1.42. The summed E-state index contributed by atoms with van der Waals surface area (Å²) < 4.78 is 1.78. The van der Waals surface area contributed by atoms with Gasteiger partial charge in [-0.2, -0.15) is 5.10 Å². The molecule has 0 bridgehead atoms. The lowest BCUT2D eigenvalue weighted by Gasteiger charge is -2.10. The average molecular weight is 291 g/mol. The van der Waals surface area contributed by atoms with Gasteiger partial charge in [0.2, 0.25) is 5.91 Å². The number of carbonyl (C=O) groups is 2. The summed E-state index contributed by atoms with van der Waals surface area (Å²) in [5, 5.41) is 16.1. The Kier molecular flexibility index (Phi) is 4.45. The van der Waals surface area contributed by atoms with Gasteiger partial charge in [-0.05, 0) is 39.2 Å². The lowest BCUT2D eigenvalue weighted by atomic mass is 10.1. The zero-order valence-electron chi connectivity index (χ0n) is 12.6. The Balaban J connectivity index is 1.93. The fraction of sp³-hybridized carbons (Fsp3) is 0.533. The molecule has 1 saturated carbocycles. The quantitative estimate of drug-likeness (QED) is 0.822. The Morgan fingerprint density at radius 2 is 2.10 bits per heavy atom. The topological polar surface area (TPSA) is 84.2 Å². The van der Waals surface area contributed by atoms with Crippen LogP contribution in [0.3, 0.4) is 0 Å². The first-order valence-corrected chi connectivity index (χ1v) is 7.10. The molecule has 2 atom stereocenters. The molecule has 6 heteroatoms. The molecule has 2 rings (SSSR count). The smallest absolute Gasteiger partial charge is 0.306 e. The molecule has 2 N–H and O–H groups in total. The number of carboxylic acids is 1. The normalized spacial score (nSPS) is 21.9. The summed E-state index contributed by atoms with van der Waals surface area (Å²) in [5.41, 5.74) is 2.83. The molecule has 6 nitrogen and oxygen atoms in total. The molecule has 1 aliphatic carbocycles. The minimum Gasteiger partial charge on any atom is -0.481 e. The summed E-state index contributed by atoms with van der Waals surface area (Å²) in [4.78, 5) is 22.8. The number of hydrogen-bond acceptors (Lipinski definition) is 3. The lowest BCUT2D eigenvalue weighted by molar-refractivity contribution is -0.141. The first-order chi connectivity index (χ1) is 9.88. The van der Waals surface area contributed by atoms with Crippen molar-refractivity contribution in [1.29, 1.82) is 0 Å². The monoisotopic (exact) mass is 291 g/mol. The zero-order valence-corrected chi connectivity index (χ0v) is 12.6. The van der Waals surface area contributed by atoms with Crippen molar-refractivity contribution >= 4 is 18.0 Å². The molecule has 21 heavy (non-hydrogen) atoms. The maximum atomic E-state index is 11.9. The van der Waals surface area contributed by atoms with Crippen molar-refractivity contribution in [1.82, 2.24) is 15.1 Å². The number of rotatable bonds is 4. The van der Waals surface area contributed by atoms with E-state index in [4.69, 9.17) is 5.11 Å². The van der Waals surface area contributed by atoms with Gasteiger partial charge in [-0.25, -0.2) is 0 Å². The van der Waals surface area contributed by atoms with Gasteiger partial charge in [-0.15, -0.1) is 0 Å². The third kappa shape index (κ3) is 3.51. The highest BCUT2D eigenvalue weighted by molar-refractivity contribution is 5.92. The van der Waals surface area contributed by atoms with Crippen molar-refractivity contribution in [2.24, 2.45) is 13.0 Å². The van der Waals surface area contributed by atoms with Gasteiger partial charge in [0.1, 0.15) is 0 Å². The first kappa shape index (κ1) is 15.3. The molecule has 114 valence electrons. The van der Waals surface area contributed by atoms with E-state index in [0.29, 0.717) is 12.8 Å². The molecule has 1 aliphatic rings.